The van der Waals surface area contributed by atoms with Crippen molar-refractivity contribution in [3.8, 4) is 0 Å². The SMILES string of the molecule is CC(C)[C@@H](C(=O)NCC(=O)O)N(C=O)N(C)C. The molecule has 0 heterocycles. The number of nitrogens with zero attached hydrogens (tertiary/aromatic N) is 2. The van der Waals surface area contributed by atoms with E-state index in [9.17, 15) is 14.4 Å². The molecule has 0 saturated carbocycles. The van der Waals surface area contributed by atoms with Crippen LogP contribution in [0.5, 0.6) is 0 Å². The molecule has 7 nitrogen and oxygen atoms in total. The van der Waals surface area contributed by atoms with Crippen LogP contribution in [-0.4, -0.2) is 60.1 Å². The largest absolute Gasteiger partial charge is 0.480 e. The highest BCUT2D eigenvalue weighted by Crippen LogP contribution is 2.10. The number of carbonyl (C=O) groups is 3. The molecular formula is C10H19N3O4. The predicted molar refractivity (Wildman–Crippen MR) is 60.9 cm³/mol. The van der Waals surface area contributed by atoms with Crippen molar-refractivity contribution < 1.29 is 19.5 Å². The predicted octanol–water partition coefficient (Wildman–Crippen LogP) is -0.853. The molecular weight excluding hydrogens is 226 g/mol. The lowest BCUT2D eigenvalue weighted by atomic mass is 10.0. The third kappa shape index (κ3) is 4.81. The number of carbonyl (C=O) groups excluding carboxylic acids is 2. The van der Waals surface area contributed by atoms with E-state index in [4.69, 9.17) is 5.11 Å². The summed E-state index contributed by atoms with van der Waals surface area (Å²) in [7, 11) is 3.27. The summed E-state index contributed by atoms with van der Waals surface area (Å²) in [5, 5.41) is 13.5. The molecule has 0 bridgehead atoms. The summed E-state index contributed by atoms with van der Waals surface area (Å²) in [5.41, 5.74) is 0. The third-order valence-electron chi connectivity index (χ3n) is 2.17. The minimum atomic E-state index is -1.12. The number of aliphatic carboxylic acids is 1. The van der Waals surface area contributed by atoms with E-state index in [1.165, 1.54) is 10.0 Å². The van der Waals surface area contributed by atoms with E-state index in [1.807, 2.05) is 0 Å². The van der Waals surface area contributed by atoms with Crippen molar-refractivity contribution in [2.75, 3.05) is 20.6 Å². The Bertz CT molecular complexity index is 291. The minimum Gasteiger partial charge on any atom is -0.480 e. The zero-order chi connectivity index (χ0) is 13.6. The van der Waals surface area contributed by atoms with Crippen LogP contribution in [0.2, 0.25) is 0 Å². The lowest BCUT2D eigenvalue weighted by molar-refractivity contribution is -0.149. The Morgan fingerprint density at radius 1 is 1.35 bits per heavy atom. The van der Waals surface area contributed by atoms with E-state index in [1.54, 1.807) is 27.9 Å². The number of hydrogen-bond donors (Lipinski definition) is 2. The first-order valence-corrected chi connectivity index (χ1v) is 5.21. The van der Waals surface area contributed by atoms with Crippen molar-refractivity contribution in [1.82, 2.24) is 15.3 Å². The van der Waals surface area contributed by atoms with Gasteiger partial charge in [0, 0.05) is 14.1 Å². The van der Waals surface area contributed by atoms with Gasteiger partial charge in [-0.3, -0.25) is 19.4 Å². The van der Waals surface area contributed by atoms with Gasteiger partial charge in [0.1, 0.15) is 12.6 Å². The number of hydrogen-bond acceptors (Lipinski definition) is 4. The number of carboxylic acid groups (broad SMARTS) is 1. The van der Waals surface area contributed by atoms with Crippen molar-refractivity contribution >= 4 is 18.3 Å². The standard InChI is InChI=1S/C10H19N3O4/c1-7(2)9(13(6-14)12(3)4)10(17)11-5-8(15)16/h6-7,9H,5H2,1-4H3,(H,11,17)(H,15,16)/t9-/m0/s1. The van der Waals surface area contributed by atoms with Crippen LogP contribution in [0.4, 0.5) is 0 Å². The normalized spacial score (nSPS) is 12.4. The van der Waals surface area contributed by atoms with Crippen LogP contribution in [0.3, 0.4) is 0 Å². The first-order valence-electron chi connectivity index (χ1n) is 5.21. The second-order valence-corrected chi connectivity index (χ2v) is 4.13. The summed E-state index contributed by atoms with van der Waals surface area (Å²) < 4.78 is 0. The third-order valence-corrected chi connectivity index (χ3v) is 2.17. The molecule has 1 atom stereocenters. The van der Waals surface area contributed by atoms with E-state index in [0.717, 1.165) is 0 Å². The minimum absolute atomic E-state index is 0.128. The Morgan fingerprint density at radius 3 is 2.18 bits per heavy atom. The van der Waals surface area contributed by atoms with Crippen molar-refractivity contribution in [3.05, 3.63) is 0 Å². The van der Waals surface area contributed by atoms with Crippen molar-refractivity contribution in [2.24, 2.45) is 5.92 Å². The van der Waals surface area contributed by atoms with Gasteiger partial charge in [-0.1, -0.05) is 13.8 Å². The van der Waals surface area contributed by atoms with Crippen LogP contribution in [0.15, 0.2) is 0 Å². The monoisotopic (exact) mass is 245 g/mol. The van der Waals surface area contributed by atoms with Gasteiger partial charge in [-0.15, -0.1) is 0 Å². The molecule has 0 aromatic carbocycles. The first-order chi connectivity index (χ1) is 7.81. The van der Waals surface area contributed by atoms with E-state index < -0.39 is 24.5 Å². The zero-order valence-corrected chi connectivity index (χ0v) is 10.5. The summed E-state index contributed by atoms with van der Waals surface area (Å²) in [5.74, 6) is -1.73. The number of amides is 2. The Balaban J connectivity index is 4.77. The van der Waals surface area contributed by atoms with E-state index in [0.29, 0.717) is 6.41 Å². The molecule has 0 spiro atoms. The van der Waals surface area contributed by atoms with Gasteiger partial charge in [0.15, 0.2) is 0 Å². The second kappa shape index (κ2) is 6.85. The molecule has 0 rings (SSSR count). The zero-order valence-electron chi connectivity index (χ0n) is 10.5. The maximum absolute atomic E-state index is 11.8. The Labute approximate surface area is 100 Å². The van der Waals surface area contributed by atoms with Gasteiger partial charge in [-0.05, 0) is 5.92 Å². The molecule has 2 N–H and O–H groups in total. The molecule has 0 aliphatic heterocycles. The fraction of sp³-hybridized carbons (Fsp3) is 0.700. The Kier molecular flexibility index (Phi) is 6.19. The van der Waals surface area contributed by atoms with Crippen LogP contribution in [-0.2, 0) is 14.4 Å². The molecule has 0 saturated heterocycles. The number of carboxylic acids is 1. The molecule has 2 amide bonds. The maximum Gasteiger partial charge on any atom is 0.322 e. The number of hydrazine groups is 1. The van der Waals surface area contributed by atoms with Gasteiger partial charge in [0.2, 0.25) is 12.3 Å². The van der Waals surface area contributed by atoms with Crippen LogP contribution < -0.4 is 5.32 Å². The summed E-state index contributed by atoms with van der Waals surface area (Å²) >= 11 is 0. The molecule has 0 radical (unpaired) electrons. The van der Waals surface area contributed by atoms with E-state index in [2.05, 4.69) is 5.32 Å². The Hall–Kier alpha value is -1.63. The molecule has 17 heavy (non-hydrogen) atoms. The van der Waals surface area contributed by atoms with Gasteiger partial charge in [0.25, 0.3) is 0 Å². The lowest BCUT2D eigenvalue weighted by Gasteiger charge is -2.34. The van der Waals surface area contributed by atoms with Crippen molar-refractivity contribution in [1.29, 1.82) is 0 Å². The van der Waals surface area contributed by atoms with Crippen LogP contribution >= 0.6 is 0 Å². The molecule has 0 unspecified atom stereocenters. The molecule has 0 aliphatic carbocycles. The highest BCUT2D eigenvalue weighted by molar-refractivity contribution is 5.86. The average molecular weight is 245 g/mol. The summed E-state index contributed by atoms with van der Waals surface area (Å²) in [6, 6.07) is -0.721. The quantitative estimate of drug-likeness (QED) is 0.450. The molecule has 0 aromatic heterocycles. The smallest absolute Gasteiger partial charge is 0.322 e. The molecule has 0 fully saturated rings. The van der Waals surface area contributed by atoms with Gasteiger partial charge in [-0.2, -0.15) is 0 Å². The lowest BCUT2D eigenvalue weighted by Crippen LogP contribution is -2.54. The van der Waals surface area contributed by atoms with Crippen molar-refractivity contribution in [3.63, 3.8) is 0 Å². The average Bonchev–Trinajstić information content (AvgIpc) is 2.20. The molecule has 98 valence electrons. The summed E-state index contributed by atoms with van der Waals surface area (Å²) in [6.07, 6.45) is 0.547. The summed E-state index contributed by atoms with van der Waals surface area (Å²) in [6.45, 7) is 3.11. The number of nitrogens with one attached hydrogen (secondary N) is 1. The van der Waals surface area contributed by atoms with Crippen molar-refractivity contribution in [2.45, 2.75) is 19.9 Å². The topological polar surface area (TPSA) is 90.0 Å². The van der Waals surface area contributed by atoms with Gasteiger partial charge >= 0.3 is 5.97 Å². The van der Waals surface area contributed by atoms with Crippen LogP contribution in [0.25, 0.3) is 0 Å². The first kappa shape index (κ1) is 15.4. The van der Waals surface area contributed by atoms with E-state index >= 15 is 0 Å². The highest BCUT2D eigenvalue weighted by Gasteiger charge is 2.29. The molecule has 0 aromatic rings. The van der Waals surface area contributed by atoms with Gasteiger partial charge in [-0.25, -0.2) is 5.01 Å². The molecule has 0 aliphatic rings. The maximum atomic E-state index is 11.8. The second-order valence-electron chi connectivity index (χ2n) is 4.13. The molecule has 7 heteroatoms. The van der Waals surface area contributed by atoms with Crippen LogP contribution in [0.1, 0.15) is 13.8 Å². The fourth-order valence-electron chi connectivity index (χ4n) is 1.40. The Morgan fingerprint density at radius 2 is 1.88 bits per heavy atom. The van der Waals surface area contributed by atoms with Gasteiger partial charge in [0.05, 0.1) is 0 Å². The fourth-order valence-corrected chi connectivity index (χ4v) is 1.40. The highest BCUT2D eigenvalue weighted by atomic mass is 16.4. The summed E-state index contributed by atoms with van der Waals surface area (Å²) in [4.78, 5) is 33.1. The van der Waals surface area contributed by atoms with Gasteiger partial charge < -0.3 is 10.4 Å². The number of rotatable bonds is 7. The van der Waals surface area contributed by atoms with Crippen LogP contribution in [0, 0.1) is 5.92 Å². The van der Waals surface area contributed by atoms with E-state index in [-0.39, 0.29) is 5.92 Å².